The Morgan fingerprint density at radius 2 is 2.05 bits per heavy atom. The summed E-state index contributed by atoms with van der Waals surface area (Å²) in [6.07, 6.45) is 2.18. The lowest BCUT2D eigenvalue weighted by molar-refractivity contribution is -0.126. The van der Waals surface area contributed by atoms with Crippen LogP contribution in [0.5, 0.6) is 0 Å². The average molecular weight is 271 g/mol. The Hall–Kier alpha value is -1.63. The van der Waals surface area contributed by atoms with Gasteiger partial charge in [-0.25, -0.2) is 4.79 Å². The first-order valence-electron chi connectivity index (χ1n) is 6.49. The molecule has 0 atom stereocenters. The molecule has 7 nitrogen and oxygen atoms in total. The second kappa shape index (κ2) is 7.73. The summed E-state index contributed by atoms with van der Waals surface area (Å²) in [6.45, 7) is 1.07. The molecule has 1 aliphatic heterocycles. The lowest BCUT2D eigenvalue weighted by atomic mass is 10.2. The molecule has 1 rings (SSSR count). The van der Waals surface area contributed by atoms with Crippen molar-refractivity contribution in [2.75, 3.05) is 33.3 Å². The summed E-state index contributed by atoms with van der Waals surface area (Å²) in [7, 11) is 1.58. The minimum absolute atomic E-state index is 0.0922. The fraction of sp³-hybridized carbons (Fsp3) is 0.750. The Kier molecular flexibility index (Phi) is 6.27. The fourth-order valence-electron chi connectivity index (χ4n) is 1.84. The summed E-state index contributed by atoms with van der Waals surface area (Å²) in [5.74, 6) is -0.304. The predicted molar refractivity (Wildman–Crippen MR) is 68.3 cm³/mol. The number of nitrogens with one attached hydrogen (secondary N) is 1. The molecule has 0 aromatic carbocycles. The van der Waals surface area contributed by atoms with Gasteiger partial charge in [-0.1, -0.05) is 0 Å². The van der Waals surface area contributed by atoms with Gasteiger partial charge in [-0.3, -0.25) is 14.5 Å². The standard InChI is InChI=1S/C12H21N3O4/c1-14-9-11(18)15(12(14)19)7-4-5-10(17)13-6-2-3-8-16/h16H,2-9H2,1H3,(H,13,17). The first kappa shape index (κ1) is 15.4. The molecule has 0 spiro atoms. The third-order valence-corrected chi connectivity index (χ3v) is 2.92. The molecule has 0 saturated carbocycles. The SMILES string of the molecule is CN1CC(=O)N(CCCC(=O)NCCCCO)C1=O. The summed E-state index contributed by atoms with van der Waals surface area (Å²) in [5, 5.41) is 11.3. The molecule has 108 valence electrons. The lowest BCUT2D eigenvalue weighted by Gasteiger charge is -2.13. The Labute approximate surface area is 112 Å². The number of aliphatic hydroxyl groups is 1. The van der Waals surface area contributed by atoms with Crippen molar-refractivity contribution in [3.8, 4) is 0 Å². The fourth-order valence-corrected chi connectivity index (χ4v) is 1.84. The highest BCUT2D eigenvalue weighted by Gasteiger charge is 2.32. The Bertz CT molecular complexity index is 346. The highest BCUT2D eigenvalue weighted by molar-refractivity contribution is 6.01. The lowest BCUT2D eigenvalue weighted by Crippen LogP contribution is -2.33. The van der Waals surface area contributed by atoms with Crippen LogP contribution in [-0.4, -0.2) is 66.0 Å². The monoisotopic (exact) mass is 271 g/mol. The van der Waals surface area contributed by atoms with E-state index in [9.17, 15) is 14.4 Å². The number of carbonyl (C=O) groups excluding carboxylic acids is 3. The van der Waals surface area contributed by atoms with E-state index in [0.717, 1.165) is 6.42 Å². The zero-order chi connectivity index (χ0) is 14.3. The van der Waals surface area contributed by atoms with Gasteiger partial charge in [-0.05, 0) is 19.3 Å². The van der Waals surface area contributed by atoms with E-state index < -0.39 is 0 Å². The molecule has 0 aromatic rings. The number of likely N-dealkylation sites (N-methyl/N-ethyl adjacent to an activating group) is 1. The van der Waals surface area contributed by atoms with E-state index >= 15 is 0 Å². The van der Waals surface area contributed by atoms with Crippen LogP contribution in [0.3, 0.4) is 0 Å². The van der Waals surface area contributed by atoms with Crippen LogP contribution >= 0.6 is 0 Å². The maximum absolute atomic E-state index is 11.5. The van der Waals surface area contributed by atoms with Gasteiger partial charge < -0.3 is 15.3 Å². The van der Waals surface area contributed by atoms with E-state index in [1.807, 2.05) is 0 Å². The molecular weight excluding hydrogens is 250 g/mol. The molecule has 0 radical (unpaired) electrons. The number of aliphatic hydroxyl groups excluding tert-OH is 1. The maximum atomic E-state index is 11.5. The number of carbonyl (C=O) groups is 3. The summed E-state index contributed by atoms with van der Waals surface area (Å²) in [5.41, 5.74) is 0. The second-order valence-electron chi connectivity index (χ2n) is 4.57. The molecule has 2 N–H and O–H groups in total. The Morgan fingerprint density at radius 1 is 1.32 bits per heavy atom. The quantitative estimate of drug-likeness (QED) is 0.462. The maximum Gasteiger partial charge on any atom is 0.326 e. The van der Waals surface area contributed by atoms with E-state index in [2.05, 4.69) is 5.32 Å². The van der Waals surface area contributed by atoms with Crippen molar-refractivity contribution < 1.29 is 19.5 Å². The summed E-state index contributed by atoms with van der Waals surface area (Å²) >= 11 is 0. The van der Waals surface area contributed by atoms with E-state index in [0.29, 0.717) is 25.8 Å². The van der Waals surface area contributed by atoms with Gasteiger partial charge in [-0.2, -0.15) is 0 Å². The molecule has 1 saturated heterocycles. The number of unbranched alkanes of at least 4 members (excludes halogenated alkanes) is 1. The number of urea groups is 1. The van der Waals surface area contributed by atoms with Gasteiger partial charge in [0.05, 0.1) is 0 Å². The molecule has 19 heavy (non-hydrogen) atoms. The van der Waals surface area contributed by atoms with Gasteiger partial charge in [0.15, 0.2) is 0 Å². The van der Waals surface area contributed by atoms with Crippen molar-refractivity contribution >= 4 is 17.8 Å². The van der Waals surface area contributed by atoms with Gasteiger partial charge in [0.25, 0.3) is 0 Å². The van der Waals surface area contributed by atoms with Crippen molar-refractivity contribution in [3.05, 3.63) is 0 Å². The third kappa shape index (κ3) is 4.86. The highest BCUT2D eigenvalue weighted by Crippen LogP contribution is 2.08. The number of hydrogen-bond donors (Lipinski definition) is 2. The zero-order valence-electron chi connectivity index (χ0n) is 11.2. The molecule has 1 aliphatic rings. The molecule has 1 heterocycles. The van der Waals surface area contributed by atoms with Crippen molar-refractivity contribution in [1.82, 2.24) is 15.1 Å². The summed E-state index contributed by atoms with van der Waals surface area (Å²) in [4.78, 5) is 37.0. The van der Waals surface area contributed by atoms with Crippen molar-refractivity contribution in [1.29, 1.82) is 0 Å². The van der Waals surface area contributed by atoms with Crippen molar-refractivity contribution in [2.45, 2.75) is 25.7 Å². The van der Waals surface area contributed by atoms with Crippen LogP contribution in [-0.2, 0) is 9.59 Å². The van der Waals surface area contributed by atoms with Crippen LogP contribution in [0, 0.1) is 0 Å². The smallest absolute Gasteiger partial charge is 0.326 e. The van der Waals surface area contributed by atoms with Gasteiger partial charge in [0.2, 0.25) is 11.8 Å². The van der Waals surface area contributed by atoms with Crippen LogP contribution in [0.2, 0.25) is 0 Å². The van der Waals surface area contributed by atoms with Crippen molar-refractivity contribution in [3.63, 3.8) is 0 Å². The molecule has 0 aliphatic carbocycles. The number of imide groups is 1. The van der Waals surface area contributed by atoms with Gasteiger partial charge in [0, 0.05) is 33.2 Å². The summed E-state index contributed by atoms with van der Waals surface area (Å²) < 4.78 is 0. The average Bonchev–Trinajstić information content (AvgIpc) is 2.61. The van der Waals surface area contributed by atoms with Crippen LogP contribution in [0.25, 0.3) is 0 Å². The topological polar surface area (TPSA) is 90.0 Å². The van der Waals surface area contributed by atoms with Gasteiger partial charge >= 0.3 is 6.03 Å². The first-order valence-corrected chi connectivity index (χ1v) is 6.49. The van der Waals surface area contributed by atoms with E-state index in [4.69, 9.17) is 5.11 Å². The van der Waals surface area contributed by atoms with Gasteiger partial charge in [0.1, 0.15) is 6.54 Å². The van der Waals surface area contributed by atoms with Crippen LogP contribution < -0.4 is 5.32 Å². The molecule has 0 unspecified atom stereocenters. The van der Waals surface area contributed by atoms with E-state index in [-0.39, 0.29) is 37.5 Å². The predicted octanol–water partition coefficient (Wildman–Crippen LogP) is -0.451. The van der Waals surface area contributed by atoms with Crippen LogP contribution in [0.15, 0.2) is 0 Å². The molecular formula is C12H21N3O4. The Balaban J connectivity index is 2.14. The zero-order valence-corrected chi connectivity index (χ0v) is 11.2. The minimum atomic E-state index is -0.298. The second-order valence-corrected chi connectivity index (χ2v) is 4.57. The minimum Gasteiger partial charge on any atom is -0.396 e. The summed E-state index contributed by atoms with van der Waals surface area (Å²) in [6, 6.07) is -0.298. The number of nitrogens with zero attached hydrogens (tertiary/aromatic N) is 2. The number of hydrogen-bond acceptors (Lipinski definition) is 4. The Morgan fingerprint density at radius 3 is 2.63 bits per heavy atom. The van der Waals surface area contributed by atoms with Crippen LogP contribution in [0.4, 0.5) is 4.79 Å². The van der Waals surface area contributed by atoms with E-state index in [1.165, 1.54) is 9.80 Å². The molecule has 0 bridgehead atoms. The number of rotatable bonds is 8. The normalized spacial score (nSPS) is 15.3. The molecule has 7 heteroatoms. The van der Waals surface area contributed by atoms with Crippen molar-refractivity contribution in [2.24, 2.45) is 0 Å². The molecule has 0 aromatic heterocycles. The first-order chi connectivity index (χ1) is 9.06. The van der Waals surface area contributed by atoms with Crippen LogP contribution in [0.1, 0.15) is 25.7 Å². The molecule has 1 fully saturated rings. The van der Waals surface area contributed by atoms with Gasteiger partial charge in [-0.15, -0.1) is 0 Å². The number of amides is 4. The highest BCUT2D eigenvalue weighted by atomic mass is 16.3. The van der Waals surface area contributed by atoms with E-state index in [1.54, 1.807) is 7.05 Å². The molecule has 4 amide bonds. The third-order valence-electron chi connectivity index (χ3n) is 2.92. The largest absolute Gasteiger partial charge is 0.396 e.